The molecule has 0 atom stereocenters. The lowest BCUT2D eigenvalue weighted by Gasteiger charge is -2.14. The number of thiocarbonyl (C=S) groups is 1. The van der Waals surface area contributed by atoms with Gasteiger partial charge in [0, 0.05) is 18.5 Å². The summed E-state index contributed by atoms with van der Waals surface area (Å²) in [4.78, 5) is 25.6. The first-order chi connectivity index (χ1) is 15.0. The summed E-state index contributed by atoms with van der Waals surface area (Å²) in [7, 11) is 0. The minimum absolute atomic E-state index is 0.0352. The fraction of sp³-hybridized carbons (Fsp3) is 0.458. The quantitative estimate of drug-likeness (QED) is 0.148. The topological polar surface area (TPSA) is 66.8 Å². The molecule has 0 spiro atoms. The molecule has 1 aromatic rings. The standard InChI is InChI=1S/C24H31NO4S2/c1-2-17-29-20-14-11-10-13-19(20)18-21-23(28)25(24(30)31-21)16-12-8-6-4-3-5-7-9-15-22(26)27/h2,10-11,13-14,18H,1,3-9,12,15-17H2,(H,26,27). The predicted octanol–water partition coefficient (Wildman–Crippen LogP) is 6.05. The largest absolute Gasteiger partial charge is 0.489 e. The van der Waals surface area contributed by atoms with Gasteiger partial charge >= 0.3 is 5.97 Å². The number of hydrogen-bond donors (Lipinski definition) is 1. The van der Waals surface area contributed by atoms with Gasteiger partial charge in [-0.3, -0.25) is 14.5 Å². The number of carbonyl (C=O) groups excluding carboxylic acids is 1. The van der Waals surface area contributed by atoms with Crippen molar-refractivity contribution in [3.8, 4) is 5.75 Å². The van der Waals surface area contributed by atoms with Gasteiger partial charge in [-0.2, -0.15) is 0 Å². The van der Waals surface area contributed by atoms with Gasteiger partial charge in [-0.25, -0.2) is 0 Å². The number of carboxylic acid groups (broad SMARTS) is 1. The summed E-state index contributed by atoms with van der Waals surface area (Å²) in [5, 5.41) is 8.62. The number of carbonyl (C=O) groups is 2. The monoisotopic (exact) mass is 461 g/mol. The maximum Gasteiger partial charge on any atom is 0.303 e. The average Bonchev–Trinajstić information content (AvgIpc) is 3.01. The molecule has 2 rings (SSSR count). The van der Waals surface area contributed by atoms with E-state index in [2.05, 4.69) is 6.58 Å². The number of thioether (sulfide) groups is 1. The van der Waals surface area contributed by atoms with Crippen molar-refractivity contribution in [2.75, 3.05) is 13.2 Å². The van der Waals surface area contributed by atoms with E-state index in [-0.39, 0.29) is 12.3 Å². The predicted molar refractivity (Wildman–Crippen MR) is 131 cm³/mol. The lowest BCUT2D eigenvalue weighted by atomic mass is 10.1. The van der Waals surface area contributed by atoms with E-state index in [4.69, 9.17) is 22.1 Å². The van der Waals surface area contributed by atoms with Crippen molar-refractivity contribution in [1.29, 1.82) is 0 Å². The number of amides is 1. The van der Waals surface area contributed by atoms with Crippen molar-refractivity contribution in [3.05, 3.63) is 47.4 Å². The van der Waals surface area contributed by atoms with E-state index in [9.17, 15) is 9.59 Å². The number of hydrogen-bond acceptors (Lipinski definition) is 5. The van der Waals surface area contributed by atoms with E-state index in [1.54, 1.807) is 11.0 Å². The van der Waals surface area contributed by atoms with E-state index in [0.717, 1.165) is 62.7 Å². The smallest absolute Gasteiger partial charge is 0.303 e. The summed E-state index contributed by atoms with van der Waals surface area (Å²) in [6.45, 7) is 4.73. The molecule has 168 valence electrons. The molecule has 7 heteroatoms. The van der Waals surface area contributed by atoms with Crippen molar-refractivity contribution in [1.82, 2.24) is 4.90 Å². The molecule has 0 bridgehead atoms. The Morgan fingerprint density at radius 3 is 2.42 bits per heavy atom. The molecule has 1 N–H and O–H groups in total. The van der Waals surface area contributed by atoms with E-state index < -0.39 is 5.97 Å². The van der Waals surface area contributed by atoms with Gasteiger partial charge in [-0.1, -0.05) is 93.4 Å². The third-order valence-corrected chi connectivity index (χ3v) is 6.34. The normalized spacial score (nSPS) is 15.0. The first-order valence-corrected chi connectivity index (χ1v) is 12.0. The number of para-hydroxylation sites is 1. The number of carboxylic acids is 1. The number of unbranched alkanes of at least 4 members (excludes halogenated alkanes) is 7. The Hall–Kier alpha value is -2.12. The lowest BCUT2D eigenvalue weighted by Crippen LogP contribution is -2.29. The Labute approximate surface area is 194 Å². The van der Waals surface area contributed by atoms with E-state index in [1.807, 2.05) is 30.3 Å². The van der Waals surface area contributed by atoms with Crippen LogP contribution in [0.2, 0.25) is 0 Å². The molecule has 1 aromatic carbocycles. The maximum absolute atomic E-state index is 12.8. The summed E-state index contributed by atoms with van der Waals surface area (Å²) >= 11 is 6.78. The van der Waals surface area contributed by atoms with E-state index in [0.29, 0.717) is 22.4 Å². The molecule has 1 heterocycles. The highest BCUT2D eigenvalue weighted by Gasteiger charge is 2.31. The molecule has 0 unspecified atom stereocenters. The Kier molecular flexibility index (Phi) is 11.4. The summed E-state index contributed by atoms with van der Waals surface area (Å²) in [5.74, 6) is -0.0293. The van der Waals surface area contributed by atoms with Crippen LogP contribution in [0.5, 0.6) is 5.75 Å². The number of rotatable bonds is 15. The zero-order valence-corrected chi connectivity index (χ0v) is 19.5. The molecule has 0 saturated carbocycles. The molecule has 31 heavy (non-hydrogen) atoms. The molecule has 1 saturated heterocycles. The highest BCUT2D eigenvalue weighted by molar-refractivity contribution is 8.26. The molecule has 5 nitrogen and oxygen atoms in total. The molecule has 0 radical (unpaired) electrons. The molecule has 0 aliphatic carbocycles. The van der Waals surface area contributed by atoms with Gasteiger partial charge in [0.05, 0.1) is 4.91 Å². The Morgan fingerprint density at radius 1 is 1.10 bits per heavy atom. The Morgan fingerprint density at radius 2 is 1.74 bits per heavy atom. The molecule has 1 aliphatic heterocycles. The molecule has 1 aliphatic rings. The van der Waals surface area contributed by atoms with Crippen molar-refractivity contribution >= 4 is 46.3 Å². The van der Waals surface area contributed by atoms with Gasteiger partial charge in [0.1, 0.15) is 16.7 Å². The van der Waals surface area contributed by atoms with Crippen molar-refractivity contribution in [2.24, 2.45) is 0 Å². The van der Waals surface area contributed by atoms with Crippen LogP contribution in [0.4, 0.5) is 0 Å². The number of nitrogens with zero attached hydrogens (tertiary/aromatic N) is 1. The van der Waals surface area contributed by atoms with E-state index >= 15 is 0 Å². The van der Waals surface area contributed by atoms with Gasteiger partial charge in [-0.15, -0.1) is 0 Å². The summed E-state index contributed by atoms with van der Waals surface area (Å²) in [6, 6.07) is 7.62. The zero-order valence-electron chi connectivity index (χ0n) is 17.9. The second kappa shape index (κ2) is 14.0. The summed E-state index contributed by atoms with van der Waals surface area (Å²) in [5.41, 5.74) is 0.855. The molecule has 0 aromatic heterocycles. The van der Waals surface area contributed by atoms with Crippen molar-refractivity contribution in [3.63, 3.8) is 0 Å². The van der Waals surface area contributed by atoms with Crippen LogP contribution >= 0.6 is 24.0 Å². The van der Waals surface area contributed by atoms with Crippen molar-refractivity contribution < 1.29 is 19.4 Å². The third kappa shape index (κ3) is 8.87. The minimum Gasteiger partial charge on any atom is -0.489 e. The first kappa shape index (κ1) is 25.1. The zero-order chi connectivity index (χ0) is 22.5. The van der Waals surface area contributed by atoms with E-state index in [1.165, 1.54) is 11.8 Å². The SMILES string of the molecule is C=CCOc1ccccc1C=C1SC(=S)N(CCCCCCCCCCC(=O)O)C1=O. The number of benzene rings is 1. The Bertz CT molecular complexity index is 807. The van der Waals surface area contributed by atoms with Crippen molar-refractivity contribution in [2.45, 2.75) is 57.8 Å². The fourth-order valence-corrected chi connectivity index (χ4v) is 4.62. The van der Waals surface area contributed by atoms with Crippen LogP contribution in [-0.2, 0) is 9.59 Å². The molecular weight excluding hydrogens is 430 g/mol. The van der Waals surface area contributed by atoms with Crippen LogP contribution < -0.4 is 4.74 Å². The molecular formula is C24H31NO4S2. The summed E-state index contributed by atoms with van der Waals surface area (Å²) in [6.07, 6.45) is 12.0. The van der Waals surface area contributed by atoms with Crippen LogP contribution in [0.1, 0.15) is 63.4 Å². The average molecular weight is 462 g/mol. The molecule has 1 fully saturated rings. The van der Waals surface area contributed by atoms with Gasteiger partial charge in [-0.05, 0) is 25.0 Å². The fourth-order valence-electron chi connectivity index (χ4n) is 3.32. The van der Waals surface area contributed by atoms with Crippen LogP contribution in [0.3, 0.4) is 0 Å². The molecule has 1 amide bonds. The van der Waals surface area contributed by atoms with Crippen LogP contribution in [0.15, 0.2) is 41.8 Å². The second-order valence-corrected chi connectivity index (χ2v) is 9.12. The van der Waals surface area contributed by atoms with Gasteiger partial charge in [0.25, 0.3) is 5.91 Å². The van der Waals surface area contributed by atoms with Crippen LogP contribution in [-0.4, -0.2) is 39.4 Å². The van der Waals surface area contributed by atoms with Crippen LogP contribution in [0, 0.1) is 0 Å². The first-order valence-electron chi connectivity index (χ1n) is 10.8. The lowest BCUT2D eigenvalue weighted by molar-refractivity contribution is -0.137. The maximum atomic E-state index is 12.8. The summed E-state index contributed by atoms with van der Waals surface area (Å²) < 4.78 is 6.28. The van der Waals surface area contributed by atoms with Gasteiger partial charge in [0.15, 0.2) is 0 Å². The second-order valence-electron chi connectivity index (χ2n) is 7.44. The number of aliphatic carboxylic acids is 1. The minimum atomic E-state index is -0.712. The highest BCUT2D eigenvalue weighted by atomic mass is 32.2. The highest BCUT2D eigenvalue weighted by Crippen LogP contribution is 2.34. The third-order valence-electron chi connectivity index (χ3n) is 4.96. The van der Waals surface area contributed by atoms with Gasteiger partial charge in [0.2, 0.25) is 0 Å². The number of ether oxygens (including phenoxy) is 1. The van der Waals surface area contributed by atoms with Crippen LogP contribution in [0.25, 0.3) is 6.08 Å². The van der Waals surface area contributed by atoms with Gasteiger partial charge < -0.3 is 9.84 Å². The Balaban J connectivity index is 1.73.